The first kappa shape index (κ1) is 27.8. The zero-order valence-electron chi connectivity index (χ0n) is 22.4. The van der Waals surface area contributed by atoms with E-state index in [-0.39, 0.29) is 11.8 Å². The van der Waals surface area contributed by atoms with Crippen molar-refractivity contribution in [3.05, 3.63) is 47.6 Å². The van der Waals surface area contributed by atoms with Crippen molar-refractivity contribution in [1.29, 1.82) is 0 Å². The van der Waals surface area contributed by atoms with Crippen molar-refractivity contribution < 1.29 is 19.1 Å². The second-order valence-corrected chi connectivity index (χ2v) is 10.1. The Balaban J connectivity index is 1.62. The Bertz CT molecular complexity index is 1130. The van der Waals surface area contributed by atoms with Gasteiger partial charge in [-0.05, 0) is 72.6 Å². The van der Waals surface area contributed by atoms with Crippen molar-refractivity contribution in [3.63, 3.8) is 0 Å². The second kappa shape index (κ2) is 12.5. The molecule has 1 saturated heterocycles. The van der Waals surface area contributed by atoms with E-state index in [4.69, 9.17) is 9.47 Å². The first-order chi connectivity index (χ1) is 17.6. The number of carbonyl (C=O) groups excluding carboxylic acids is 2. The Morgan fingerprint density at radius 1 is 1.22 bits per heavy atom. The molecular formula is C28H37N5O4. The third kappa shape index (κ3) is 8.13. The van der Waals surface area contributed by atoms with Crippen LogP contribution >= 0.6 is 0 Å². The van der Waals surface area contributed by atoms with E-state index in [1.54, 1.807) is 17.2 Å². The highest BCUT2D eigenvalue weighted by atomic mass is 16.6. The summed E-state index contributed by atoms with van der Waals surface area (Å²) in [6, 6.07) is 3.64. The maximum Gasteiger partial charge on any atom is 0.410 e. The zero-order chi connectivity index (χ0) is 27.0. The second-order valence-electron chi connectivity index (χ2n) is 10.1. The summed E-state index contributed by atoms with van der Waals surface area (Å²) in [6.45, 7) is 14.9. The standard InChI is InChI=1S/C28H37N5O4/c1-7-8-21-15-22(16-23(25(21)29-6)32-26(34)24-18-30-19(2)17-31-24)36-14-11-20-9-12-33(13-10-20)27(35)37-28(3,4)5/h7-8,15-18,20H,6,9-14H2,1-5H3,(H,32,34)/b8-7-. The maximum absolute atomic E-state index is 12.8. The van der Waals surface area contributed by atoms with Crippen LogP contribution in [0, 0.1) is 12.8 Å². The van der Waals surface area contributed by atoms with Crippen molar-refractivity contribution in [3.8, 4) is 5.75 Å². The third-order valence-electron chi connectivity index (χ3n) is 5.94. The Hall–Kier alpha value is -3.75. The number of aromatic nitrogens is 2. The van der Waals surface area contributed by atoms with Gasteiger partial charge in [-0.2, -0.15) is 0 Å². The zero-order valence-corrected chi connectivity index (χ0v) is 22.4. The summed E-state index contributed by atoms with van der Waals surface area (Å²) < 4.78 is 11.6. The maximum atomic E-state index is 12.8. The van der Waals surface area contributed by atoms with Crippen LogP contribution in [0.3, 0.4) is 0 Å². The summed E-state index contributed by atoms with van der Waals surface area (Å²) in [5.41, 5.74) is 2.26. The van der Waals surface area contributed by atoms with Crippen LogP contribution in [0.5, 0.6) is 5.75 Å². The molecule has 1 fully saturated rings. The lowest BCUT2D eigenvalue weighted by atomic mass is 9.94. The van der Waals surface area contributed by atoms with Crippen molar-refractivity contribution in [2.24, 2.45) is 10.9 Å². The first-order valence-corrected chi connectivity index (χ1v) is 12.6. The molecule has 1 N–H and O–H groups in total. The van der Waals surface area contributed by atoms with E-state index >= 15 is 0 Å². The van der Waals surface area contributed by atoms with Crippen LogP contribution in [0.15, 0.2) is 35.6 Å². The molecule has 1 aliphatic heterocycles. The number of hydrogen-bond acceptors (Lipinski definition) is 7. The lowest BCUT2D eigenvalue weighted by Gasteiger charge is -2.33. The minimum atomic E-state index is -0.490. The summed E-state index contributed by atoms with van der Waals surface area (Å²) in [7, 11) is 0. The summed E-state index contributed by atoms with van der Waals surface area (Å²) in [4.78, 5) is 39.3. The number of rotatable bonds is 8. The smallest absolute Gasteiger partial charge is 0.410 e. The predicted octanol–water partition coefficient (Wildman–Crippen LogP) is 5.82. The Labute approximate surface area is 219 Å². The summed E-state index contributed by atoms with van der Waals surface area (Å²) in [5.74, 6) is 0.691. The van der Waals surface area contributed by atoms with E-state index < -0.39 is 11.5 Å². The molecule has 0 atom stereocenters. The van der Waals surface area contributed by atoms with E-state index in [0.29, 0.717) is 42.7 Å². The van der Waals surface area contributed by atoms with E-state index in [0.717, 1.165) is 30.5 Å². The topological polar surface area (TPSA) is 106 Å². The molecule has 1 aliphatic rings. The predicted molar refractivity (Wildman–Crippen MR) is 146 cm³/mol. The van der Waals surface area contributed by atoms with Crippen LogP contribution in [-0.4, -0.2) is 58.9 Å². The van der Waals surface area contributed by atoms with E-state index in [9.17, 15) is 9.59 Å². The van der Waals surface area contributed by atoms with Crippen LogP contribution in [0.2, 0.25) is 0 Å². The van der Waals surface area contributed by atoms with Crippen molar-refractivity contribution in [1.82, 2.24) is 14.9 Å². The summed E-state index contributed by atoms with van der Waals surface area (Å²) >= 11 is 0. The van der Waals surface area contributed by atoms with Crippen molar-refractivity contribution in [2.45, 2.75) is 59.5 Å². The molecule has 1 aromatic carbocycles. The van der Waals surface area contributed by atoms with Gasteiger partial charge in [-0.15, -0.1) is 0 Å². The van der Waals surface area contributed by atoms with Gasteiger partial charge in [0, 0.05) is 30.9 Å². The van der Waals surface area contributed by atoms with E-state index in [1.807, 2.05) is 52.8 Å². The molecule has 2 aromatic rings. The van der Waals surface area contributed by atoms with Gasteiger partial charge in [0.2, 0.25) is 0 Å². The number of likely N-dealkylation sites (tertiary alicyclic amines) is 1. The van der Waals surface area contributed by atoms with Crippen molar-refractivity contribution >= 4 is 36.2 Å². The number of aliphatic imine (C=N–C) groups is 1. The number of ether oxygens (including phenoxy) is 2. The fourth-order valence-corrected chi connectivity index (χ4v) is 4.06. The molecule has 1 aromatic heterocycles. The number of amides is 2. The lowest BCUT2D eigenvalue weighted by Crippen LogP contribution is -2.41. The number of nitrogens with zero attached hydrogens (tertiary/aromatic N) is 4. The SMILES string of the molecule is C=Nc1c(/C=C\C)cc(OCCC2CCN(C(=O)OC(C)(C)C)CC2)cc1NC(=O)c1cnc(C)cn1. The highest BCUT2D eigenvalue weighted by Crippen LogP contribution is 2.35. The minimum absolute atomic E-state index is 0.206. The molecule has 0 aliphatic carbocycles. The van der Waals surface area contributed by atoms with Gasteiger partial charge in [0.15, 0.2) is 0 Å². The van der Waals surface area contributed by atoms with E-state index in [2.05, 4.69) is 27.0 Å². The molecule has 9 heteroatoms. The van der Waals surface area contributed by atoms with Crippen LogP contribution in [-0.2, 0) is 4.74 Å². The molecule has 198 valence electrons. The van der Waals surface area contributed by atoms with Gasteiger partial charge in [-0.3, -0.25) is 14.8 Å². The molecule has 0 spiro atoms. The van der Waals surface area contributed by atoms with Gasteiger partial charge in [0.1, 0.15) is 17.0 Å². The number of allylic oxidation sites excluding steroid dienone is 1. The Morgan fingerprint density at radius 2 is 1.95 bits per heavy atom. The van der Waals surface area contributed by atoms with Gasteiger partial charge >= 0.3 is 6.09 Å². The molecule has 0 bridgehead atoms. The molecule has 2 amide bonds. The van der Waals surface area contributed by atoms with Gasteiger partial charge in [-0.25, -0.2) is 9.78 Å². The van der Waals surface area contributed by atoms with Crippen LogP contribution in [0.4, 0.5) is 16.2 Å². The van der Waals surface area contributed by atoms with Crippen LogP contribution in [0.1, 0.15) is 68.7 Å². The summed E-state index contributed by atoms with van der Waals surface area (Å²) in [5, 5.41) is 2.87. The number of benzene rings is 1. The highest BCUT2D eigenvalue weighted by Gasteiger charge is 2.26. The Kier molecular flexibility index (Phi) is 9.38. The molecule has 0 unspecified atom stereocenters. The van der Waals surface area contributed by atoms with Gasteiger partial charge in [0.25, 0.3) is 5.91 Å². The minimum Gasteiger partial charge on any atom is -0.493 e. The largest absolute Gasteiger partial charge is 0.493 e. The molecule has 3 rings (SSSR count). The van der Waals surface area contributed by atoms with E-state index in [1.165, 1.54) is 6.20 Å². The van der Waals surface area contributed by atoms with Gasteiger partial charge < -0.3 is 19.7 Å². The average Bonchev–Trinajstić information content (AvgIpc) is 2.84. The number of hydrogen-bond donors (Lipinski definition) is 1. The number of carbonyl (C=O) groups is 2. The van der Waals surface area contributed by atoms with Crippen molar-refractivity contribution in [2.75, 3.05) is 25.0 Å². The molecule has 2 heterocycles. The summed E-state index contributed by atoms with van der Waals surface area (Å²) in [6.07, 6.45) is 9.20. The first-order valence-electron chi connectivity index (χ1n) is 12.6. The molecular weight excluding hydrogens is 470 g/mol. The highest BCUT2D eigenvalue weighted by molar-refractivity contribution is 6.05. The number of piperidine rings is 1. The van der Waals surface area contributed by atoms with Gasteiger partial charge in [0.05, 0.1) is 29.9 Å². The number of nitrogens with one attached hydrogen (secondary N) is 1. The van der Waals surface area contributed by atoms with Gasteiger partial charge in [-0.1, -0.05) is 12.2 Å². The molecule has 0 radical (unpaired) electrons. The fourth-order valence-electron chi connectivity index (χ4n) is 4.06. The monoisotopic (exact) mass is 507 g/mol. The molecule has 9 nitrogen and oxygen atoms in total. The lowest BCUT2D eigenvalue weighted by molar-refractivity contribution is 0.0177. The fraction of sp³-hybridized carbons (Fsp3) is 0.464. The quantitative estimate of drug-likeness (QED) is 0.451. The number of anilines is 1. The van der Waals surface area contributed by atoms with Crippen LogP contribution in [0.25, 0.3) is 6.08 Å². The third-order valence-corrected chi connectivity index (χ3v) is 5.94. The Morgan fingerprint density at radius 3 is 2.54 bits per heavy atom. The average molecular weight is 508 g/mol. The van der Waals surface area contributed by atoms with Crippen LogP contribution < -0.4 is 10.1 Å². The molecule has 0 saturated carbocycles. The normalized spacial score (nSPS) is 14.5. The molecule has 37 heavy (non-hydrogen) atoms. The number of aryl methyl sites for hydroxylation is 1.